The fourth-order valence-electron chi connectivity index (χ4n) is 2.97. The molecule has 140 valence electrons. The van der Waals surface area contributed by atoms with Gasteiger partial charge in [-0.05, 0) is 26.0 Å². The number of morpholine rings is 1. The van der Waals surface area contributed by atoms with Gasteiger partial charge in [-0.15, -0.1) is 11.3 Å². The average molecular weight is 384 g/mol. The Labute approximate surface area is 153 Å². The average Bonchev–Trinajstić information content (AvgIpc) is 3.01. The van der Waals surface area contributed by atoms with Crippen molar-refractivity contribution >= 4 is 17.2 Å². The van der Waals surface area contributed by atoms with Crippen molar-refractivity contribution in [3.63, 3.8) is 0 Å². The van der Waals surface area contributed by atoms with Gasteiger partial charge < -0.3 is 9.64 Å². The zero-order valence-corrected chi connectivity index (χ0v) is 15.2. The molecule has 0 N–H and O–H groups in total. The summed E-state index contributed by atoms with van der Waals surface area (Å²) in [4.78, 5) is 18.6. The highest BCUT2D eigenvalue weighted by Crippen LogP contribution is 2.31. The standard InChI is InChI=1S/C18H19F3N2O2S/c1-11-8-23(9-12(2)25-11)16(24)7-15-10-26-17(22-15)13-3-5-14(6-4-13)18(19,20)21/h3-6,10-12H,7-9H2,1-2H3. The third-order valence-electron chi connectivity index (χ3n) is 4.12. The molecular weight excluding hydrogens is 365 g/mol. The molecule has 1 aliphatic rings. The van der Waals surface area contributed by atoms with Crippen molar-refractivity contribution in [1.82, 2.24) is 9.88 Å². The van der Waals surface area contributed by atoms with Crippen LogP contribution >= 0.6 is 11.3 Å². The summed E-state index contributed by atoms with van der Waals surface area (Å²) in [5.41, 5.74) is 0.542. The second-order valence-corrected chi connectivity index (χ2v) is 7.31. The molecule has 2 unspecified atom stereocenters. The Morgan fingerprint density at radius 2 is 1.85 bits per heavy atom. The molecule has 26 heavy (non-hydrogen) atoms. The molecule has 3 rings (SSSR count). The van der Waals surface area contributed by atoms with Gasteiger partial charge in [0.25, 0.3) is 0 Å². The SMILES string of the molecule is CC1CN(C(=O)Cc2csc(-c3ccc(C(F)(F)F)cc3)n2)CC(C)O1. The third-order valence-corrected chi connectivity index (χ3v) is 5.06. The van der Waals surface area contributed by atoms with Gasteiger partial charge in [0.2, 0.25) is 5.91 Å². The number of alkyl halides is 3. The lowest BCUT2D eigenvalue weighted by atomic mass is 10.1. The van der Waals surface area contributed by atoms with Crippen LogP contribution < -0.4 is 0 Å². The second-order valence-electron chi connectivity index (χ2n) is 6.45. The van der Waals surface area contributed by atoms with E-state index in [-0.39, 0.29) is 24.5 Å². The number of hydrogen-bond acceptors (Lipinski definition) is 4. The minimum Gasteiger partial charge on any atom is -0.372 e. The fourth-order valence-corrected chi connectivity index (χ4v) is 3.80. The van der Waals surface area contributed by atoms with Crippen molar-refractivity contribution in [1.29, 1.82) is 0 Å². The Morgan fingerprint density at radius 3 is 2.42 bits per heavy atom. The Bertz CT molecular complexity index is 763. The van der Waals surface area contributed by atoms with E-state index in [1.807, 2.05) is 13.8 Å². The maximum Gasteiger partial charge on any atom is 0.416 e. The summed E-state index contributed by atoms with van der Waals surface area (Å²) in [6.45, 7) is 4.97. The van der Waals surface area contributed by atoms with E-state index in [1.165, 1.54) is 23.5 Å². The Balaban J connectivity index is 1.67. The summed E-state index contributed by atoms with van der Waals surface area (Å²) in [6, 6.07) is 4.88. The zero-order chi connectivity index (χ0) is 18.9. The van der Waals surface area contributed by atoms with Crippen molar-refractivity contribution < 1.29 is 22.7 Å². The van der Waals surface area contributed by atoms with Gasteiger partial charge in [0.1, 0.15) is 5.01 Å². The molecule has 2 heterocycles. The highest BCUT2D eigenvalue weighted by Gasteiger charge is 2.30. The topological polar surface area (TPSA) is 42.4 Å². The molecule has 0 saturated carbocycles. The molecule has 8 heteroatoms. The lowest BCUT2D eigenvalue weighted by molar-refractivity contribution is -0.142. The van der Waals surface area contributed by atoms with Crippen LogP contribution in [0.1, 0.15) is 25.1 Å². The number of nitrogens with zero attached hydrogens (tertiary/aromatic N) is 2. The number of rotatable bonds is 3. The molecule has 0 radical (unpaired) electrons. The smallest absolute Gasteiger partial charge is 0.372 e. The van der Waals surface area contributed by atoms with Gasteiger partial charge in [0.05, 0.1) is 29.9 Å². The fraction of sp³-hybridized carbons (Fsp3) is 0.444. The molecule has 1 aliphatic heterocycles. The Kier molecular flexibility index (Phi) is 5.34. The predicted molar refractivity (Wildman–Crippen MR) is 92.8 cm³/mol. The molecule has 0 aliphatic carbocycles. The highest BCUT2D eigenvalue weighted by atomic mass is 32.1. The van der Waals surface area contributed by atoms with Crippen molar-refractivity contribution in [3.8, 4) is 10.6 Å². The first kappa shape index (κ1) is 18.8. The number of amides is 1. The molecular formula is C18H19F3N2O2S. The van der Waals surface area contributed by atoms with Crippen LogP contribution in [0.4, 0.5) is 13.2 Å². The number of halogens is 3. The summed E-state index contributed by atoms with van der Waals surface area (Å²) in [7, 11) is 0. The van der Waals surface area contributed by atoms with Crippen LogP contribution in [0.25, 0.3) is 10.6 Å². The Morgan fingerprint density at radius 1 is 1.23 bits per heavy atom. The first-order valence-electron chi connectivity index (χ1n) is 8.27. The minimum absolute atomic E-state index is 0.000780. The first-order chi connectivity index (χ1) is 12.2. The molecule has 1 amide bonds. The van der Waals surface area contributed by atoms with Gasteiger partial charge in [-0.2, -0.15) is 13.2 Å². The molecule has 1 fully saturated rings. The molecule has 1 aromatic heterocycles. The van der Waals surface area contributed by atoms with Gasteiger partial charge in [-0.3, -0.25) is 4.79 Å². The van der Waals surface area contributed by atoms with E-state index < -0.39 is 11.7 Å². The number of hydrogen-bond donors (Lipinski definition) is 0. The lowest BCUT2D eigenvalue weighted by Gasteiger charge is -2.35. The van der Waals surface area contributed by atoms with E-state index in [0.29, 0.717) is 29.4 Å². The molecule has 2 aromatic rings. The maximum absolute atomic E-state index is 12.6. The predicted octanol–water partition coefficient (Wildman–Crippen LogP) is 4.01. The van der Waals surface area contributed by atoms with E-state index in [4.69, 9.17) is 4.74 Å². The summed E-state index contributed by atoms with van der Waals surface area (Å²) in [5.74, 6) is -0.0173. The quantitative estimate of drug-likeness (QED) is 0.803. The van der Waals surface area contributed by atoms with Crippen LogP contribution in [0.3, 0.4) is 0 Å². The minimum atomic E-state index is -4.36. The van der Waals surface area contributed by atoms with Gasteiger partial charge in [-0.25, -0.2) is 4.98 Å². The van der Waals surface area contributed by atoms with Gasteiger partial charge in [-0.1, -0.05) is 12.1 Å². The normalized spacial score (nSPS) is 21.0. The summed E-state index contributed by atoms with van der Waals surface area (Å²) >= 11 is 1.32. The molecule has 0 bridgehead atoms. The van der Waals surface area contributed by atoms with Crippen LogP contribution in [0.5, 0.6) is 0 Å². The number of carbonyl (C=O) groups excluding carboxylic acids is 1. The van der Waals surface area contributed by atoms with Crippen molar-refractivity contribution in [3.05, 3.63) is 40.9 Å². The zero-order valence-electron chi connectivity index (χ0n) is 14.4. The van der Waals surface area contributed by atoms with Crippen LogP contribution in [0.15, 0.2) is 29.6 Å². The second kappa shape index (κ2) is 7.36. The van der Waals surface area contributed by atoms with Gasteiger partial charge in [0.15, 0.2) is 0 Å². The van der Waals surface area contributed by atoms with E-state index in [2.05, 4.69) is 4.98 Å². The molecule has 1 saturated heterocycles. The highest BCUT2D eigenvalue weighted by molar-refractivity contribution is 7.13. The largest absolute Gasteiger partial charge is 0.416 e. The van der Waals surface area contributed by atoms with Gasteiger partial charge >= 0.3 is 6.18 Å². The van der Waals surface area contributed by atoms with Crippen molar-refractivity contribution in [2.45, 2.75) is 38.7 Å². The van der Waals surface area contributed by atoms with Crippen LogP contribution in [-0.4, -0.2) is 41.1 Å². The number of ether oxygens (including phenoxy) is 1. The first-order valence-corrected chi connectivity index (χ1v) is 9.15. The van der Waals surface area contributed by atoms with Crippen LogP contribution in [0.2, 0.25) is 0 Å². The summed E-state index contributed by atoms with van der Waals surface area (Å²) in [5, 5.41) is 2.38. The van der Waals surface area contributed by atoms with E-state index in [1.54, 1.807) is 10.3 Å². The molecule has 1 aromatic carbocycles. The summed E-state index contributed by atoms with van der Waals surface area (Å²) < 4.78 is 43.5. The number of benzene rings is 1. The lowest BCUT2D eigenvalue weighted by Crippen LogP contribution is -2.48. The third kappa shape index (κ3) is 4.42. The maximum atomic E-state index is 12.6. The monoisotopic (exact) mass is 384 g/mol. The van der Waals surface area contributed by atoms with Crippen molar-refractivity contribution in [2.24, 2.45) is 0 Å². The summed E-state index contributed by atoms with van der Waals surface area (Å²) in [6.07, 6.45) is -4.18. The number of thiazole rings is 1. The van der Waals surface area contributed by atoms with E-state index in [0.717, 1.165) is 12.1 Å². The Hall–Kier alpha value is -1.93. The number of aromatic nitrogens is 1. The molecule has 2 atom stereocenters. The molecule has 4 nitrogen and oxygen atoms in total. The number of carbonyl (C=O) groups is 1. The van der Waals surface area contributed by atoms with Crippen molar-refractivity contribution in [2.75, 3.05) is 13.1 Å². The van der Waals surface area contributed by atoms with Crippen LogP contribution in [0, 0.1) is 0 Å². The van der Waals surface area contributed by atoms with Crippen LogP contribution in [-0.2, 0) is 22.1 Å². The molecule has 0 spiro atoms. The van der Waals surface area contributed by atoms with Gasteiger partial charge in [0, 0.05) is 24.0 Å². The van der Waals surface area contributed by atoms with E-state index >= 15 is 0 Å². The van der Waals surface area contributed by atoms with E-state index in [9.17, 15) is 18.0 Å².